The average Bonchev–Trinajstić information content (AvgIpc) is 2.78. The van der Waals surface area contributed by atoms with Gasteiger partial charge in [0, 0.05) is 32.6 Å². The Labute approximate surface area is 233 Å². The molecule has 0 aliphatic rings. The van der Waals surface area contributed by atoms with Crippen molar-refractivity contribution in [3.8, 4) is 0 Å². The van der Waals surface area contributed by atoms with Crippen LogP contribution in [0.2, 0.25) is 0 Å². The number of amides is 3. The van der Waals surface area contributed by atoms with E-state index in [1.165, 1.54) is 75.5 Å². The average molecular weight is 542 g/mol. The van der Waals surface area contributed by atoms with E-state index in [4.69, 9.17) is 9.47 Å². The molecule has 0 spiro atoms. The van der Waals surface area contributed by atoms with Crippen molar-refractivity contribution in [3.05, 3.63) is 0 Å². The molecule has 8 nitrogen and oxygen atoms in total. The number of unbranched alkanes of at least 4 members (excludes halogenated alkanes) is 12. The third kappa shape index (κ3) is 24.4. The summed E-state index contributed by atoms with van der Waals surface area (Å²) in [7, 11) is 0. The molecule has 0 heterocycles. The van der Waals surface area contributed by atoms with Crippen LogP contribution in [0.25, 0.3) is 0 Å². The Kier molecular flexibility index (Phi) is 19.8. The van der Waals surface area contributed by atoms with Crippen LogP contribution in [-0.2, 0) is 14.3 Å². The minimum Gasteiger partial charge on any atom is -0.444 e. The van der Waals surface area contributed by atoms with Crippen molar-refractivity contribution in [1.29, 1.82) is 0 Å². The molecular formula is C30H59N3O5. The zero-order valence-electron chi connectivity index (χ0n) is 25.7. The van der Waals surface area contributed by atoms with Crippen LogP contribution >= 0.6 is 0 Å². The van der Waals surface area contributed by atoms with E-state index in [2.05, 4.69) is 17.6 Å². The van der Waals surface area contributed by atoms with Crippen molar-refractivity contribution in [1.82, 2.24) is 15.5 Å². The molecule has 0 fully saturated rings. The lowest BCUT2D eigenvalue weighted by Crippen LogP contribution is -2.45. The van der Waals surface area contributed by atoms with Gasteiger partial charge in [0.2, 0.25) is 5.91 Å². The van der Waals surface area contributed by atoms with Crippen LogP contribution < -0.4 is 10.6 Å². The molecule has 0 aliphatic heterocycles. The van der Waals surface area contributed by atoms with Gasteiger partial charge in [0.05, 0.1) is 0 Å². The predicted octanol–water partition coefficient (Wildman–Crippen LogP) is 7.35. The molecular weight excluding hydrogens is 482 g/mol. The first-order valence-corrected chi connectivity index (χ1v) is 15.1. The maximum absolute atomic E-state index is 12.6. The lowest BCUT2D eigenvalue weighted by atomic mass is 10.0. The smallest absolute Gasteiger partial charge is 0.410 e. The van der Waals surface area contributed by atoms with Gasteiger partial charge in [0.1, 0.15) is 11.2 Å². The molecule has 38 heavy (non-hydrogen) atoms. The van der Waals surface area contributed by atoms with Crippen LogP contribution in [0.4, 0.5) is 9.59 Å². The summed E-state index contributed by atoms with van der Waals surface area (Å²) in [4.78, 5) is 38.2. The lowest BCUT2D eigenvalue weighted by Gasteiger charge is -2.28. The normalized spacial score (nSPS) is 11.7. The summed E-state index contributed by atoms with van der Waals surface area (Å²) in [5, 5.41) is 5.56. The highest BCUT2D eigenvalue weighted by Gasteiger charge is 2.22. The molecule has 224 valence electrons. The Balaban J connectivity index is 4.08. The number of hydrogen-bond donors (Lipinski definition) is 2. The molecule has 0 aromatic heterocycles. The van der Waals surface area contributed by atoms with Gasteiger partial charge >= 0.3 is 12.2 Å². The van der Waals surface area contributed by atoms with Crippen molar-refractivity contribution < 1.29 is 23.9 Å². The van der Waals surface area contributed by atoms with Crippen molar-refractivity contribution in [3.63, 3.8) is 0 Å². The molecule has 0 rings (SSSR count). The van der Waals surface area contributed by atoms with Crippen molar-refractivity contribution in [2.24, 2.45) is 0 Å². The summed E-state index contributed by atoms with van der Waals surface area (Å²) in [5.74, 6) is 0.00379. The fraction of sp³-hybridized carbons (Fsp3) is 0.900. The van der Waals surface area contributed by atoms with Gasteiger partial charge in [0.15, 0.2) is 0 Å². The molecule has 0 radical (unpaired) electrons. The Bertz CT molecular complexity index is 641. The van der Waals surface area contributed by atoms with E-state index >= 15 is 0 Å². The molecule has 0 aromatic carbocycles. The van der Waals surface area contributed by atoms with E-state index < -0.39 is 23.4 Å². The van der Waals surface area contributed by atoms with Gasteiger partial charge in [0.25, 0.3) is 0 Å². The number of nitrogens with zero attached hydrogens (tertiary/aromatic N) is 1. The standard InChI is InChI=1S/C30H59N3O5/c1-8-9-10-11-12-13-14-15-16-17-18-19-20-21-26(34)31-22-24-33(28(36)38-30(5,6)7)25-23-32-27(35)37-29(2,3)4/h8-25H2,1-7H3,(H,31,34)(H,32,35). The number of alkyl carbamates (subject to hydrolysis) is 1. The number of hydrogen-bond acceptors (Lipinski definition) is 5. The zero-order valence-corrected chi connectivity index (χ0v) is 25.7. The van der Waals surface area contributed by atoms with Gasteiger partial charge in [-0.1, -0.05) is 84.0 Å². The Morgan fingerprint density at radius 3 is 1.47 bits per heavy atom. The van der Waals surface area contributed by atoms with E-state index in [-0.39, 0.29) is 19.0 Å². The fourth-order valence-electron chi connectivity index (χ4n) is 3.95. The second kappa shape index (κ2) is 20.9. The third-order valence-electron chi connectivity index (χ3n) is 5.91. The topological polar surface area (TPSA) is 97.0 Å². The highest BCUT2D eigenvalue weighted by atomic mass is 16.6. The summed E-state index contributed by atoms with van der Waals surface area (Å²) >= 11 is 0. The molecule has 0 bridgehead atoms. The first-order chi connectivity index (χ1) is 17.8. The molecule has 0 aliphatic carbocycles. The van der Waals surface area contributed by atoms with E-state index in [1.807, 2.05) is 0 Å². The van der Waals surface area contributed by atoms with E-state index in [0.29, 0.717) is 19.5 Å². The van der Waals surface area contributed by atoms with Crippen molar-refractivity contribution in [2.75, 3.05) is 26.2 Å². The van der Waals surface area contributed by atoms with Crippen LogP contribution in [0.3, 0.4) is 0 Å². The van der Waals surface area contributed by atoms with Gasteiger partial charge in [-0.05, 0) is 48.0 Å². The maximum Gasteiger partial charge on any atom is 0.410 e. The van der Waals surface area contributed by atoms with Crippen LogP contribution in [-0.4, -0.2) is 60.4 Å². The molecule has 0 saturated heterocycles. The summed E-state index contributed by atoms with van der Waals surface area (Å²) in [6.07, 6.45) is 16.1. The Morgan fingerprint density at radius 2 is 1.03 bits per heavy atom. The van der Waals surface area contributed by atoms with Gasteiger partial charge in [-0.2, -0.15) is 0 Å². The summed E-state index contributed by atoms with van der Waals surface area (Å²) in [5.41, 5.74) is -1.22. The molecule has 0 aromatic rings. The number of ether oxygens (including phenoxy) is 2. The largest absolute Gasteiger partial charge is 0.444 e. The van der Waals surface area contributed by atoms with Gasteiger partial charge in [-0.3, -0.25) is 4.79 Å². The van der Waals surface area contributed by atoms with Crippen LogP contribution in [0, 0.1) is 0 Å². The predicted molar refractivity (Wildman–Crippen MR) is 155 cm³/mol. The molecule has 0 atom stereocenters. The first kappa shape index (κ1) is 36.0. The van der Waals surface area contributed by atoms with E-state index in [9.17, 15) is 14.4 Å². The van der Waals surface area contributed by atoms with Crippen molar-refractivity contribution in [2.45, 2.75) is 150 Å². The lowest BCUT2D eigenvalue weighted by molar-refractivity contribution is -0.121. The molecule has 8 heteroatoms. The monoisotopic (exact) mass is 541 g/mol. The quantitative estimate of drug-likeness (QED) is 0.157. The van der Waals surface area contributed by atoms with Crippen LogP contribution in [0.5, 0.6) is 0 Å². The van der Waals surface area contributed by atoms with Crippen LogP contribution in [0.1, 0.15) is 138 Å². The van der Waals surface area contributed by atoms with E-state index in [0.717, 1.165) is 12.8 Å². The molecule has 2 N–H and O–H groups in total. The molecule has 0 unspecified atom stereocenters. The minimum atomic E-state index is -0.634. The van der Waals surface area contributed by atoms with Crippen LogP contribution in [0.15, 0.2) is 0 Å². The Hall–Kier alpha value is -1.99. The van der Waals surface area contributed by atoms with Gasteiger partial charge in [-0.25, -0.2) is 9.59 Å². The third-order valence-corrected chi connectivity index (χ3v) is 5.91. The van der Waals surface area contributed by atoms with Crippen molar-refractivity contribution >= 4 is 18.1 Å². The Morgan fingerprint density at radius 1 is 0.605 bits per heavy atom. The number of carbonyl (C=O) groups excluding carboxylic acids is 3. The summed E-state index contributed by atoms with van der Waals surface area (Å²) in [6.45, 7) is 14.2. The van der Waals surface area contributed by atoms with Gasteiger partial charge in [-0.15, -0.1) is 0 Å². The van der Waals surface area contributed by atoms with E-state index in [1.54, 1.807) is 41.5 Å². The molecule has 3 amide bonds. The zero-order chi connectivity index (χ0) is 28.9. The maximum atomic E-state index is 12.6. The highest BCUT2D eigenvalue weighted by Crippen LogP contribution is 2.13. The SMILES string of the molecule is CCCCCCCCCCCCCCCC(=O)NCCN(CCNC(=O)OC(C)(C)C)C(=O)OC(C)(C)C. The fourth-order valence-corrected chi connectivity index (χ4v) is 3.95. The number of carbonyl (C=O) groups is 3. The summed E-state index contributed by atoms with van der Waals surface area (Å²) in [6, 6.07) is 0. The van der Waals surface area contributed by atoms with Gasteiger partial charge < -0.3 is 25.0 Å². The highest BCUT2D eigenvalue weighted by molar-refractivity contribution is 5.76. The number of nitrogens with one attached hydrogen (secondary N) is 2. The second-order valence-electron chi connectivity index (χ2n) is 12.2. The summed E-state index contributed by atoms with van der Waals surface area (Å²) < 4.78 is 10.7. The minimum absolute atomic E-state index is 0.00379. The first-order valence-electron chi connectivity index (χ1n) is 15.1. The number of rotatable bonds is 20. The molecule has 0 saturated carbocycles. The second-order valence-corrected chi connectivity index (χ2v) is 12.2.